The number of hydrogen-bond donors (Lipinski definition) is 5. The highest BCUT2D eigenvalue weighted by Gasteiger charge is 2.23. The topological polar surface area (TPSA) is 133 Å². The second-order valence-corrected chi connectivity index (χ2v) is 8.84. The number of halogens is 1. The maximum atomic E-state index is 13.4. The molecule has 1 aromatic heterocycles. The van der Waals surface area contributed by atoms with Crippen LogP contribution < -0.4 is 21.7 Å². The van der Waals surface area contributed by atoms with Gasteiger partial charge in [-0.1, -0.05) is 53.3 Å². The van der Waals surface area contributed by atoms with Crippen LogP contribution in [0.2, 0.25) is 5.02 Å². The lowest BCUT2D eigenvalue weighted by molar-refractivity contribution is -0.117. The summed E-state index contributed by atoms with van der Waals surface area (Å²) in [4.78, 5) is 29.3. The van der Waals surface area contributed by atoms with Crippen LogP contribution >= 0.6 is 22.9 Å². The van der Waals surface area contributed by atoms with Crippen LogP contribution in [0.15, 0.2) is 60.7 Å². The van der Waals surface area contributed by atoms with Gasteiger partial charge in [-0.3, -0.25) is 14.9 Å². The van der Waals surface area contributed by atoms with Gasteiger partial charge < -0.3 is 21.8 Å². The Morgan fingerprint density at radius 2 is 1.88 bits per heavy atom. The van der Waals surface area contributed by atoms with Gasteiger partial charge in [0.25, 0.3) is 5.91 Å². The van der Waals surface area contributed by atoms with Crippen LogP contribution in [0.3, 0.4) is 0 Å². The minimum atomic E-state index is -0.758. The molecule has 4 aromatic rings. The molecule has 0 saturated heterocycles. The summed E-state index contributed by atoms with van der Waals surface area (Å²) >= 11 is 7.44. The van der Waals surface area contributed by atoms with Crippen LogP contribution in [-0.4, -0.2) is 23.0 Å². The molecule has 3 aromatic carbocycles. The van der Waals surface area contributed by atoms with Gasteiger partial charge in [0, 0.05) is 30.1 Å². The van der Waals surface area contributed by atoms with Crippen LogP contribution in [0.25, 0.3) is 10.2 Å². The second-order valence-electron chi connectivity index (χ2n) is 7.43. The van der Waals surface area contributed by atoms with E-state index in [-0.39, 0.29) is 11.8 Å². The summed E-state index contributed by atoms with van der Waals surface area (Å²) in [6.07, 6.45) is 1.18. The summed E-state index contributed by atoms with van der Waals surface area (Å²) in [5.74, 6) is -0.581. The third kappa shape index (κ3) is 5.00. The molecule has 0 saturated carbocycles. The quantitative estimate of drug-likeness (QED) is 0.177. The molecule has 1 unspecified atom stereocenters. The number of benzene rings is 3. The van der Waals surface area contributed by atoms with Gasteiger partial charge in [0.1, 0.15) is 6.04 Å². The first-order chi connectivity index (χ1) is 16.4. The molecule has 34 heavy (non-hydrogen) atoms. The van der Waals surface area contributed by atoms with Crippen molar-refractivity contribution in [2.24, 2.45) is 0 Å². The van der Waals surface area contributed by atoms with E-state index < -0.39 is 6.04 Å². The second kappa shape index (κ2) is 9.90. The number of carbonyl (C=O) groups excluding carboxylic acids is 2. The van der Waals surface area contributed by atoms with E-state index in [0.717, 1.165) is 10.3 Å². The first kappa shape index (κ1) is 23.2. The zero-order valence-corrected chi connectivity index (χ0v) is 19.6. The van der Waals surface area contributed by atoms with E-state index in [1.165, 1.54) is 24.5 Å². The van der Waals surface area contributed by atoms with Crippen molar-refractivity contribution in [3.8, 4) is 0 Å². The summed E-state index contributed by atoms with van der Waals surface area (Å²) in [7, 11) is 0. The Kier molecular flexibility index (Phi) is 6.76. The number of nitrogens with zero attached hydrogens (tertiary/aromatic N) is 1. The van der Waals surface area contributed by atoms with Crippen molar-refractivity contribution in [1.29, 1.82) is 5.41 Å². The largest absolute Gasteiger partial charge is 0.398 e. The number of thiazole rings is 1. The molecule has 0 spiro atoms. The average Bonchev–Trinajstić information content (AvgIpc) is 3.22. The van der Waals surface area contributed by atoms with E-state index in [4.69, 9.17) is 22.7 Å². The van der Waals surface area contributed by atoms with Crippen LogP contribution in [0.4, 0.5) is 22.2 Å². The Morgan fingerprint density at radius 3 is 2.59 bits per heavy atom. The molecule has 0 aliphatic heterocycles. The lowest BCUT2D eigenvalue weighted by Crippen LogP contribution is -2.27. The summed E-state index contributed by atoms with van der Waals surface area (Å²) in [5, 5.41) is 17.2. The lowest BCUT2D eigenvalue weighted by atomic mass is 10.1. The number of amides is 2. The van der Waals surface area contributed by atoms with Crippen LogP contribution in [-0.2, 0) is 9.59 Å². The van der Waals surface area contributed by atoms with E-state index in [0.29, 0.717) is 38.3 Å². The van der Waals surface area contributed by atoms with E-state index in [9.17, 15) is 9.59 Å². The molecule has 0 bridgehead atoms. The van der Waals surface area contributed by atoms with Gasteiger partial charge in [0.2, 0.25) is 5.91 Å². The standard InChI is InChI=1S/C24H21ClN6O2S/c1-13(32)28-20-11-15(7-8-17(20)25)29-21(14-5-3-2-4-6-14)23(33)31-24-30-19-10-9-18(27)16(12-26)22(19)34-24/h2-12,21,26,29H,27H2,1H3,(H,28,32)(H,30,31,33). The molecular weight excluding hydrogens is 472 g/mol. The maximum absolute atomic E-state index is 13.4. The first-order valence-corrected chi connectivity index (χ1v) is 11.4. The molecule has 6 N–H and O–H groups in total. The fourth-order valence-electron chi connectivity index (χ4n) is 3.42. The smallest absolute Gasteiger partial charge is 0.253 e. The van der Waals surface area contributed by atoms with Crippen LogP contribution in [0, 0.1) is 5.41 Å². The normalized spacial score (nSPS) is 11.6. The molecule has 1 atom stereocenters. The predicted octanol–water partition coefficient (Wildman–Crippen LogP) is 5.28. The molecule has 2 amide bonds. The number of nitrogens with two attached hydrogens (primary N) is 1. The minimum absolute atomic E-state index is 0.253. The number of nitrogen functional groups attached to an aromatic ring is 1. The predicted molar refractivity (Wildman–Crippen MR) is 139 cm³/mol. The molecule has 0 radical (unpaired) electrons. The van der Waals surface area contributed by atoms with Crippen LogP contribution in [0.5, 0.6) is 0 Å². The van der Waals surface area contributed by atoms with Gasteiger partial charge in [-0.05, 0) is 35.9 Å². The van der Waals surface area contributed by atoms with E-state index in [1.807, 2.05) is 30.3 Å². The minimum Gasteiger partial charge on any atom is -0.398 e. The summed E-state index contributed by atoms with van der Waals surface area (Å²) in [6.45, 7) is 1.40. The van der Waals surface area contributed by atoms with Crippen molar-refractivity contribution >= 4 is 73.4 Å². The fraction of sp³-hybridized carbons (Fsp3) is 0.0833. The molecule has 10 heteroatoms. The first-order valence-electron chi connectivity index (χ1n) is 10.2. The van der Waals surface area contributed by atoms with Gasteiger partial charge >= 0.3 is 0 Å². The molecule has 172 valence electrons. The Labute approximate surface area is 204 Å². The number of carbonyl (C=O) groups is 2. The third-order valence-corrected chi connectivity index (χ3v) is 6.34. The summed E-state index contributed by atoms with van der Waals surface area (Å²) in [6, 6.07) is 17.0. The zero-order chi connectivity index (χ0) is 24.2. The molecule has 8 nitrogen and oxygen atoms in total. The Morgan fingerprint density at radius 1 is 1.12 bits per heavy atom. The number of fused-ring (bicyclic) bond motifs is 1. The van der Waals surface area contributed by atoms with Crippen molar-refractivity contribution in [3.05, 3.63) is 76.8 Å². The van der Waals surface area contributed by atoms with Gasteiger partial charge in [-0.15, -0.1) is 0 Å². The number of aromatic nitrogens is 1. The van der Waals surface area contributed by atoms with Gasteiger partial charge in [0.05, 0.1) is 20.9 Å². The fourth-order valence-corrected chi connectivity index (χ4v) is 4.58. The van der Waals surface area contributed by atoms with E-state index in [1.54, 1.807) is 30.3 Å². The van der Waals surface area contributed by atoms with Crippen molar-refractivity contribution in [2.45, 2.75) is 13.0 Å². The highest BCUT2D eigenvalue weighted by Crippen LogP contribution is 2.33. The Bertz CT molecular complexity index is 1390. The third-order valence-electron chi connectivity index (χ3n) is 4.99. The van der Waals surface area contributed by atoms with Crippen molar-refractivity contribution < 1.29 is 9.59 Å². The van der Waals surface area contributed by atoms with E-state index >= 15 is 0 Å². The molecular formula is C24H21ClN6O2S. The summed E-state index contributed by atoms with van der Waals surface area (Å²) < 4.78 is 0.729. The van der Waals surface area contributed by atoms with Gasteiger partial charge in [0.15, 0.2) is 5.13 Å². The van der Waals surface area contributed by atoms with Crippen molar-refractivity contribution in [1.82, 2.24) is 4.98 Å². The number of rotatable bonds is 7. The molecule has 1 heterocycles. The van der Waals surface area contributed by atoms with Gasteiger partial charge in [-0.25, -0.2) is 4.98 Å². The Balaban J connectivity index is 1.65. The lowest BCUT2D eigenvalue weighted by Gasteiger charge is -2.20. The van der Waals surface area contributed by atoms with Crippen molar-refractivity contribution in [3.63, 3.8) is 0 Å². The average molecular weight is 493 g/mol. The number of anilines is 4. The number of hydrogen-bond acceptors (Lipinski definition) is 7. The highest BCUT2D eigenvalue weighted by molar-refractivity contribution is 7.22. The SMILES string of the molecule is CC(=O)Nc1cc(NC(C(=O)Nc2nc3ccc(N)c(C=N)c3s2)c2ccccc2)ccc1Cl. The molecule has 0 fully saturated rings. The molecule has 4 rings (SSSR count). The highest BCUT2D eigenvalue weighted by atomic mass is 35.5. The maximum Gasteiger partial charge on any atom is 0.253 e. The number of nitrogens with one attached hydrogen (secondary N) is 4. The van der Waals surface area contributed by atoms with Gasteiger partial charge in [-0.2, -0.15) is 0 Å². The summed E-state index contributed by atoms with van der Waals surface area (Å²) in [5.41, 5.74) is 9.43. The molecule has 0 aliphatic carbocycles. The Hall–Kier alpha value is -3.95. The zero-order valence-electron chi connectivity index (χ0n) is 18.1. The van der Waals surface area contributed by atoms with E-state index in [2.05, 4.69) is 20.9 Å². The molecule has 0 aliphatic rings. The van der Waals surface area contributed by atoms with Crippen molar-refractivity contribution in [2.75, 3.05) is 21.7 Å². The monoisotopic (exact) mass is 492 g/mol. The van der Waals surface area contributed by atoms with Crippen LogP contribution in [0.1, 0.15) is 24.1 Å².